The smallest absolute Gasteiger partial charge is 0.223 e. The normalized spacial score (nSPS) is 18.2. The minimum absolute atomic E-state index is 0.289. The number of carbonyl (C=O) groups is 1. The van der Waals surface area contributed by atoms with Crippen molar-refractivity contribution in [3.63, 3.8) is 0 Å². The molecule has 1 fully saturated rings. The predicted octanol–water partition coefficient (Wildman–Crippen LogP) is 2.24. The maximum atomic E-state index is 12.5. The van der Waals surface area contributed by atoms with Crippen LogP contribution < -0.4 is 4.90 Å². The second-order valence-electron chi connectivity index (χ2n) is 6.70. The highest BCUT2D eigenvalue weighted by atomic mass is 32.1. The van der Waals surface area contributed by atoms with Gasteiger partial charge in [-0.2, -0.15) is 0 Å². The van der Waals surface area contributed by atoms with E-state index < -0.39 is 0 Å². The molecule has 132 valence electrons. The summed E-state index contributed by atoms with van der Waals surface area (Å²) in [6, 6.07) is 8.21. The van der Waals surface area contributed by atoms with Gasteiger partial charge in [0.05, 0.1) is 0 Å². The molecule has 25 heavy (non-hydrogen) atoms. The van der Waals surface area contributed by atoms with Gasteiger partial charge >= 0.3 is 0 Å². The van der Waals surface area contributed by atoms with Crippen LogP contribution in [0.3, 0.4) is 0 Å². The Hall–Kier alpha value is -1.92. The molecule has 2 aliphatic rings. The fraction of sp³-hybridized carbons (Fsp3) is 0.474. The Morgan fingerprint density at radius 1 is 1.12 bits per heavy atom. The third kappa shape index (κ3) is 3.85. The van der Waals surface area contributed by atoms with Gasteiger partial charge in [0.1, 0.15) is 5.82 Å². The zero-order valence-electron chi connectivity index (χ0n) is 14.4. The van der Waals surface area contributed by atoms with Crippen LogP contribution in [0.15, 0.2) is 35.8 Å². The van der Waals surface area contributed by atoms with Gasteiger partial charge in [0.25, 0.3) is 0 Å². The standard InChI is InChI=1S/C19H24N4OS/c24-19(5-9-21-8-4-17-16(15-21)6-14-25-17)23-12-10-22(11-13-23)18-3-1-2-7-20-18/h1-3,6-7,14H,4-5,8-13,15H2. The number of piperazine rings is 1. The summed E-state index contributed by atoms with van der Waals surface area (Å²) in [4.78, 5) is 25.2. The van der Waals surface area contributed by atoms with Crippen molar-refractivity contribution < 1.29 is 4.79 Å². The summed E-state index contributed by atoms with van der Waals surface area (Å²) in [5.74, 6) is 1.30. The number of nitrogens with zero attached hydrogens (tertiary/aromatic N) is 4. The number of amides is 1. The van der Waals surface area contributed by atoms with E-state index in [1.807, 2.05) is 40.6 Å². The number of rotatable bonds is 4. The molecule has 0 saturated carbocycles. The van der Waals surface area contributed by atoms with Crippen molar-refractivity contribution in [2.75, 3.05) is 44.2 Å². The molecule has 4 heterocycles. The highest BCUT2D eigenvalue weighted by Gasteiger charge is 2.23. The first-order valence-corrected chi connectivity index (χ1v) is 9.89. The van der Waals surface area contributed by atoms with Crippen LogP contribution >= 0.6 is 11.3 Å². The SMILES string of the molecule is O=C(CCN1CCc2sccc2C1)N1CCN(c2ccccn2)CC1. The Kier molecular flexibility index (Phi) is 4.99. The lowest BCUT2D eigenvalue weighted by molar-refractivity contribution is -0.131. The number of hydrogen-bond donors (Lipinski definition) is 0. The second-order valence-corrected chi connectivity index (χ2v) is 7.70. The van der Waals surface area contributed by atoms with Crippen LogP contribution in [0.1, 0.15) is 16.9 Å². The van der Waals surface area contributed by atoms with Crippen LogP contribution in [0.4, 0.5) is 5.82 Å². The largest absolute Gasteiger partial charge is 0.353 e. The van der Waals surface area contributed by atoms with Crippen LogP contribution in [0.5, 0.6) is 0 Å². The van der Waals surface area contributed by atoms with Gasteiger partial charge in [0, 0.05) is 63.3 Å². The van der Waals surface area contributed by atoms with Crippen LogP contribution in [0.25, 0.3) is 0 Å². The average molecular weight is 356 g/mol. The highest BCUT2D eigenvalue weighted by Crippen LogP contribution is 2.24. The summed E-state index contributed by atoms with van der Waals surface area (Å²) < 4.78 is 0. The number of hydrogen-bond acceptors (Lipinski definition) is 5. The summed E-state index contributed by atoms with van der Waals surface area (Å²) in [6.45, 7) is 6.27. The highest BCUT2D eigenvalue weighted by molar-refractivity contribution is 7.10. The molecule has 2 aliphatic heterocycles. The molecule has 0 spiro atoms. The Bertz CT molecular complexity index is 709. The monoisotopic (exact) mass is 356 g/mol. The number of fused-ring (bicyclic) bond motifs is 1. The van der Waals surface area contributed by atoms with E-state index in [9.17, 15) is 4.79 Å². The Balaban J connectivity index is 1.23. The van der Waals surface area contributed by atoms with Crippen molar-refractivity contribution in [3.05, 3.63) is 46.3 Å². The zero-order chi connectivity index (χ0) is 17.1. The first-order chi connectivity index (χ1) is 12.3. The minimum Gasteiger partial charge on any atom is -0.353 e. The van der Waals surface area contributed by atoms with E-state index in [-0.39, 0.29) is 5.91 Å². The van der Waals surface area contributed by atoms with Gasteiger partial charge < -0.3 is 9.80 Å². The lowest BCUT2D eigenvalue weighted by Crippen LogP contribution is -2.49. The van der Waals surface area contributed by atoms with Gasteiger partial charge in [-0.1, -0.05) is 6.07 Å². The fourth-order valence-electron chi connectivity index (χ4n) is 3.64. The fourth-order valence-corrected chi connectivity index (χ4v) is 4.53. The Labute approximate surface area is 152 Å². The summed E-state index contributed by atoms with van der Waals surface area (Å²) in [5.41, 5.74) is 1.45. The van der Waals surface area contributed by atoms with Crippen LogP contribution in [-0.4, -0.2) is 60.0 Å². The van der Waals surface area contributed by atoms with E-state index in [0.717, 1.165) is 58.1 Å². The molecule has 1 amide bonds. The molecule has 2 aromatic heterocycles. The molecule has 4 rings (SSSR count). The molecule has 0 radical (unpaired) electrons. The Morgan fingerprint density at radius 3 is 2.80 bits per heavy atom. The molecule has 0 aliphatic carbocycles. The summed E-state index contributed by atoms with van der Waals surface area (Å²) in [7, 11) is 0. The van der Waals surface area contributed by atoms with E-state index in [2.05, 4.69) is 26.2 Å². The van der Waals surface area contributed by atoms with Crippen molar-refractivity contribution in [2.45, 2.75) is 19.4 Å². The number of thiophene rings is 1. The average Bonchev–Trinajstić information content (AvgIpc) is 3.15. The molecule has 1 saturated heterocycles. The van der Waals surface area contributed by atoms with Crippen LogP contribution in [0.2, 0.25) is 0 Å². The summed E-state index contributed by atoms with van der Waals surface area (Å²) >= 11 is 1.86. The third-order valence-electron chi connectivity index (χ3n) is 5.13. The number of anilines is 1. The van der Waals surface area contributed by atoms with Crippen LogP contribution in [0, 0.1) is 0 Å². The first-order valence-electron chi connectivity index (χ1n) is 9.01. The van der Waals surface area contributed by atoms with Crippen molar-refractivity contribution in [1.29, 1.82) is 0 Å². The summed E-state index contributed by atoms with van der Waals surface area (Å²) in [5, 5.41) is 2.18. The summed E-state index contributed by atoms with van der Waals surface area (Å²) in [6.07, 6.45) is 3.58. The Morgan fingerprint density at radius 2 is 2.00 bits per heavy atom. The van der Waals surface area contributed by atoms with Gasteiger partial charge in [0.2, 0.25) is 5.91 Å². The molecule has 0 atom stereocenters. The lowest BCUT2D eigenvalue weighted by atomic mass is 10.1. The van der Waals surface area contributed by atoms with E-state index in [0.29, 0.717) is 6.42 Å². The lowest BCUT2D eigenvalue weighted by Gasteiger charge is -2.36. The molecule has 6 heteroatoms. The van der Waals surface area contributed by atoms with Gasteiger partial charge in [-0.05, 0) is 35.6 Å². The molecule has 5 nitrogen and oxygen atoms in total. The zero-order valence-corrected chi connectivity index (χ0v) is 15.2. The number of aromatic nitrogens is 1. The maximum Gasteiger partial charge on any atom is 0.223 e. The molecule has 0 aromatic carbocycles. The topological polar surface area (TPSA) is 39.7 Å². The second kappa shape index (κ2) is 7.54. The van der Waals surface area contributed by atoms with Crippen molar-refractivity contribution in [1.82, 2.24) is 14.8 Å². The molecular formula is C19H24N4OS. The van der Waals surface area contributed by atoms with Gasteiger partial charge in [-0.25, -0.2) is 4.98 Å². The quantitative estimate of drug-likeness (QED) is 0.842. The van der Waals surface area contributed by atoms with Gasteiger partial charge in [0.15, 0.2) is 0 Å². The molecule has 0 unspecified atom stereocenters. The van der Waals surface area contributed by atoms with E-state index in [1.54, 1.807) is 0 Å². The molecular weight excluding hydrogens is 332 g/mol. The molecule has 0 bridgehead atoms. The third-order valence-corrected chi connectivity index (χ3v) is 6.16. The number of pyridine rings is 1. The predicted molar refractivity (Wildman–Crippen MR) is 101 cm³/mol. The van der Waals surface area contributed by atoms with Crippen molar-refractivity contribution >= 4 is 23.1 Å². The van der Waals surface area contributed by atoms with Crippen molar-refractivity contribution in [2.24, 2.45) is 0 Å². The minimum atomic E-state index is 0.289. The number of carbonyl (C=O) groups excluding carboxylic acids is 1. The molecule has 0 N–H and O–H groups in total. The van der Waals surface area contributed by atoms with Gasteiger partial charge in [-0.3, -0.25) is 9.69 Å². The van der Waals surface area contributed by atoms with E-state index in [4.69, 9.17) is 0 Å². The maximum absolute atomic E-state index is 12.5. The molecule has 2 aromatic rings. The van der Waals surface area contributed by atoms with E-state index in [1.165, 1.54) is 10.4 Å². The van der Waals surface area contributed by atoms with Gasteiger partial charge in [-0.15, -0.1) is 11.3 Å². The first kappa shape index (κ1) is 16.5. The van der Waals surface area contributed by atoms with Crippen molar-refractivity contribution in [3.8, 4) is 0 Å². The van der Waals surface area contributed by atoms with E-state index >= 15 is 0 Å². The van der Waals surface area contributed by atoms with Crippen LogP contribution in [-0.2, 0) is 17.8 Å².